The van der Waals surface area contributed by atoms with Crippen molar-refractivity contribution < 1.29 is 0 Å². The highest BCUT2D eigenvalue weighted by molar-refractivity contribution is 5.26. The molecule has 0 unspecified atom stereocenters. The first-order valence-corrected chi connectivity index (χ1v) is 8.32. The Bertz CT molecular complexity index is 516. The van der Waals surface area contributed by atoms with Crippen molar-refractivity contribution >= 4 is 0 Å². The minimum Gasteiger partial charge on any atom is -0.183 e. The van der Waals surface area contributed by atoms with Crippen LogP contribution in [0, 0.1) is 29.1 Å². The van der Waals surface area contributed by atoms with Gasteiger partial charge in [0.05, 0.1) is 0 Å². The van der Waals surface area contributed by atoms with Gasteiger partial charge in [-0.3, -0.25) is 0 Å². The molecule has 0 amide bonds. The lowest BCUT2D eigenvalue weighted by Gasteiger charge is -2.26. The van der Waals surface area contributed by atoms with Crippen LogP contribution in [-0.4, -0.2) is 0 Å². The summed E-state index contributed by atoms with van der Waals surface area (Å²) in [6.45, 7) is 2.25. The third-order valence-corrected chi connectivity index (χ3v) is 4.58. The monoisotopic (exact) mass is 279 g/mol. The maximum atomic E-state index is 8.51. The second-order valence-electron chi connectivity index (χ2n) is 6.13. The molecule has 1 aromatic carbocycles. The maximum Gasteiger partial charge on any atom is 0.152 e. The summed E-state index contributed by atoms with van der Waals surface area (Å²) < 4.78 is 0. The van der Waals surface area contributed by atoms with Gasteiger partial charge in [0.25, 0.3) is 0 Å². The van der Waals surface area contributed by atoms with E-state index in [2.05, 4.69) is 43.0 Å². The predicted octanol–water partition coefficient (Wildman–Crippen LogP) is 5.22. The quantitative estimate of drug-likeness (QED) is 0.535. The highest BCUT2D eigenvalue weighted by atomic mass is 14.3. The largest absolute Gasteiger partial charge is 0.183 e. The van der Waals surface area contributed by atoms with Crippen LogP contribution in [0.15, 0.2) is 24.3 Å². The normalized spacial score (nSPS) is 21.1. The Morgan fingerprint density at radius 1 is 1.05 bits per heavy atom. The van der Waals surface area contributed by atoms with E-state index in [1.54, 1.807) is 0 Å². The van der Waals surface area contributed by atoms with Crippen LogP contribution in [0.5, 0.6) is 0 Å². The summed E-state index contributed by atoms with van der Waals surface area (Å²) in [6, 6.07) is 11.2. The van der Waals surface area contributed by atoms with Gasteiger partial charge in [0.1, 0.15) is 0 Å². The first-order valence-electron chi connectivity index (χ1n) is 8.32. The van der Waals surface area contributed by atoms with E-state index in [0.29, 0.717) is 11.8 Å². The Hall–Kier alpha value is -1.73. The van der Waals surface area contributed by atoms with Crippen molar-refractivity contribution in [3.8, 4) is 17.9 Å². The molecule has 0 saturated heterocycles. The highest BCUT2D eigenvalue weighted by Crippen LogP contribution is 2.35. The Morgan fingerprint density at radius 3 is 2.38 bits per heavy atom. The van der Waals surface area contributed by atoms with Gasteiger partial charge in [0.2, 0.25) is 0 Å². The Balaban J connectivity index is 1.85. The number of benzene rings is 1. The Kier molecular flexibility index (Phi) is 6.36. The lowest BCUT2D eigenvalue weighted by molar-refractivity contribution is 0.384. The predicted molar refractivity (Wildman–Crippen MR) is 87.8 cm³/mol. The van der Waals surface area contributed by atoms with E-state index in [-0.39, 0.29) is 0 Å². The molecule has 0 atom stereocenters. The molecule has 1 fully saturated rings. The fraction of sp³-hybridized carbons (Fsp3) is 0.550. The smallest absolute Gasteiger partial charge is 0.152 e. The molecule has 0 aliphatic heterocycles. The molecule has 1 aromatic rings. The van der Waals surface area contributed by atoms with E-state index in [1.807, 2.05) is 6.07 Å². The fourth-order valence-corrected chi connectivity index (χ4v) is 3.24. The van der Waals surface area contributed by atoms with Gasteiger partial charge >= 0.3 is 0 Å². The molecule has 2 rings (SSSR count). The maximum absolute atomic E-state index is 8.51. The van der Waals surface area contributed by atoms with Crippen LogP contribution in [0.25, 0.3) is 0 Å². The number of nitriles is 1. The van der Waals surface area contributed by atoms with Crippen LogP contribution in [-0.2, 0) is 6.42 Å². The van der Waals surface area contributed by atoms with Gasteiger partial charge in [-0.25, -0.2) is 0 Å². The SMILES string of the molecule is CCCCCc1ccc([C@H]2CC[C@H](C#CC#N)CC2)cc1. The Labute approximate surface area is 129 Å². The number of aryl methyl sites for hydroxylation is 1. The van der Waals surface area contributed by atoms with Crippen LogP contribution in [0.4, 0.5) is 0 Å². The van der Waals surface area contributed by atoms with Gasteiger partial charge in [-0.15, -0.1) is 0 Å². The second kappa shape index (κ2) is 8.53. The molecule has 0 heterocycles. The zero-order valence-corrected chi connectivity index (χ0v) is 13.1. The van der Waals surface area contributed by atoms with Crippen LogP contribution in [0.2, 0.25) is 0 Å². The molecule has 21 heavy (non-hydrogen) atoms. The molecule has 1 saturated carbocycles. The molecule has 110 valence electrons. The number of unbranched alkanes of at least 4 members (excludes halogenated alkanes) is 2. The van der Waals surface area contributed by atoms with Gasteiger partial charge in [0, 0.05) is 11.8 Å². The summed E-state index contributed by atoms with van der Waals surface area (Å²) in [5, 5.41) is 8.51. The summed E-state index contributed by atoms with van der Waals surface area (Å²) in [4.78, 5) is 0. The zero-order chi connectivity index (χ0) is 14.9. The number of nitrogens with zero attached hydrogens (tertiary/aromatic N) is 1. The molecule has 0 aromatic heterocycles. The van der Waals surface area contributed by atoms with Crippen LogP contribution >= 0.6 is 0 Å². The number of rotatable bonds is 5. The molecule has 1 aliphatic carbocycles. The highest BCUT2D eigenvalue weighted by Gasteiger charge is 2.21. The van der Waals surface area contributed by atoms with Crippen LogP contribution in [0.1, 0.15) is 68.9 Å². The van der Waals surface area contributed by atoms with Gasteiger partial charge in [0.15, 0.2) is 6.07 Å². The summed E-state index contributed by atoms with van der Waals surface area (Å²) in [5.74, 6) is 6.76. The molecule has 1 heteroatoms. The Morgan fingerprint density at radius 2 is 1.76 bits per heavy atom. The minimum atomic E-state index is 0.439. The third-order valence-electron chi connectivity index (χ3n) is 4.58. The first-order chi connectivity index (χ1) is 10.3. The lowest BCUT2D eigenvalue weighted by atomic mass is 9.79. The van der Waals surface area contributed by atoms with Crippen molar-refractivity contribution in [3.63, 3.8) is 0 Å². The molecule has 1 nitrogen and oxygen atoms in total. The summed E-state index contributed by atoms with van der Waals surface area (Å²) in [6.07, 6.45) is 9.82. The molecule has 0 bridgehead atoms. The molecule has 1 aliphatic rings. The zero-order valence-electron chi connectivity index (χ0n) is 13.1. The minimum absolute atomic E-state index is 0.439. The molecule has 0 N–H and O–H groups in total. The van der Waals surface area contributed by atoms with E-state index in [1.165, 1.54) is 49.7 Å². The van der Waals surface area contributed by atoms with Crippen molar-refractivity contribution in [2.24, 2.45) is 5.92 Å². The van der Waals surface area contributed by atoms with E-state index in [9.17, 15) is 0 Å². The average Bonchev–Trinajstić information content (AvgIpc) is 2.54. The number of hydrogen-bond acceptors (Lipinski definition) is 1. The van der Waals surface area contributed by atoms with Gasteiger partial charge in [-0.2, -0.15) is 5.26 Å². The topological polar surface area (TPSA) is 23.8 Å². The van der Waals surface area contributed by atoms with Gasteiger partial charge in [-0.05, 0) is 55.6 Å². The van der Waals surface area contributed by atoms with E-state index >= 15 is 0 Å². The lowest BCUT2D eigenvalue weighted by Crippen LogP contribution is -2.12. The van der Waals surface area contributed by atoms with E-state index in [0.717, 1.165) is 12.8 Å². The van der Waals surface area contributed by atoms with Crippen LogP contribution in [0.3, 0.4) is 0 Å². The summed E-state index contributed by atoms with van der Waals surface area (Å²) in [7, 11) is 0. The molecular weight excluding hydrogens is 254 g/mol. The fourth-order valence-electron chi connectivity index (χ4n) is 3.24. The van der Waals surface area contributed by atoms with Crippen molar-refractivity contribution in [2.75, 3.05) is 0 Å². The van der Waals surface area contributed by atoms with Crippen molar-refractivity contribution in [1.82, 2.24) is 0 Å². The van der Waals surface area contributed by atoms with E-state index in [4.69, 9.17) is 5.26 Å². The van der Waals surface area contributed by atoms with Gasteiger partial charge < -0.3 is 0 Å². The molecule has 0 spiro atoms. The van der Waals surface area contributed by atoms with Gasteiger partial charge in [-0.1, -0.05) is 50.0 Å². The second-order valence-corrected chi connectivity index (χ2v) is 6.13. The first kappa shape index (κ1) is 15.7. The number of hydrogen-bond donors (Lipinski definition) is 0. The van der Waals surface area contributed by atoms with Crippen LogP contribution < -0.4 is 0 Å². The van der Waals surface area contributed by atoms with E-state index < -0.39 is 0 Å². The summed E-state index contributed by atoms with van der Waals surface area (Å²) >= 11 is 0. The van der Waals surface area contributed by atoms with Crippen molar-refractivity contribution in [3.05, 3.63) is 35.4 Å². The third kappa shape index (κ3) is 4.95. The van der Waals surface area contributed by atoms with Crippen molar-refractivity contribution in [1.29, 1.82) is 5.26 Å². The summed E-state index contributed by atoms with van der Waals surface area (Å²) in [5.41, 5.74) is 2.96. The molecule has 0 radical (unpaired) electrons. The average molecular weight is 279 g/mol. The molecular formula is C20H25N. The van der Waals surface area contributed by atoms with Crippen molar-refractivity contribution in [2.45, 2.75) is 64.2 Å². The standard InChI is InChI=1S/C20H25N/c1-2-3-4-6-17-8-12-19(13-9-17)20-14-10-18(11-15-20)7-5-16-21/h8-9,12-13,18,20H,2-4,6,10-11,14-15H2,1H3/t18-,20-.